The van der Waals surface area contributed by atoms with Crippen LogP contribution in [-0.2, 0) is 0 Å². The van der Waals surface area contributed by atoms with E-state index in [0.29, 0.717) is 34.9 Å². The van der Waals surface area contributed by atoms with E-state index in [1.807, 2.05) is 30.0 Å². The highest BCUT2D eigenvalue weighted by molar-refractivity contribution is 5.95. The molecule has 8 nitrogen and oxygen atoms in total. The molecule has 0 N–H and O–H groups in total. The number of nitrogens with zero attached hydrogens (tertiary/aromatic N) is 6. The lowest BCUT2D eigenvalue weighted by molar-refractivity contribution is 0.0776. The molecule has 4 heterocycles. The van der Waals surface area contributed by atoms with Crippen molar-refractivity contribution in [1.82, 2.24) is 29.5 Å². The Morgan fingerprint density at radius 3 is 2.69 bits per heavy atom. The second-order valence-electron chi connectivity index (χ2n) is 8.70. The van der Waals surface area contributed by atoms with Crippen molar-refractivity contribution in [2.75, 3.05) is 26.2 Å². The van der Waals surface area contributed by atoms with Crippen LogP contribution in [0.25, 0.3) is 17.4 Å². The number of aryl methyl sites for hydroxylation is 1. The van der Waals surface area contributed by atoms with E-state index >= 15 is 0 Å². The maximum atomic E-state index is 13.5. The Labute approximate surface area is 188 Å². The van der Waals surface area contributed by atoms with E-state index in [1.54, 1.807) is 17.1 Å². The maximum absolute atomic E-state index is 13.5. The Hall–Kier alpha value is -3.00. The van der Waals surface area contributed by atoms with Gasteiger partial charge in [0.15, 0.2) is 5.76 Å². The third kappa shape index (κ3) is 3.83. The molecule has 3 aromatic rings. The number of likely N-dealkylation sites (tertiary alicyclic amines) is 1. The molecule has 1 amide bonds. The van der Waals surface area contributed by atoms with Gasteiger partial charge >= 0.3 is 0 Å². The molecule has 1 saturated carbocycles. The minimum Gasteiger partial charge on any atom is -0.460 e. The normalized spacial score (nSPS) is 18.6. The highest BCUT2D eigenvalue weighted by atomic mass is 16.3. The second kappa shape index (κ2) is 8.50. The molecule has 1 aliphatic carbocycles. The number of carbonyl (C=O) groups excluding carboxylic acids is 1. The highest BCUT2D eigenvalue weighted by Gasteiger charge is 2.37. The average molecular weight is 435 g/mol. The summed E-state index contributed by atoms with van der Waals surface area (Å²) in [7, 11) is 0. The number of hydrogen-bond acceptors (Lipinski definition) is 6. The van der Waals surface area contributed by atoms with Crippen molar-refractivity contribution < 1.29 is 9.21 Å². The van der Waals surface area contributed by atoms with Crippen molar-refractivity contribution in [2.45, 2.75) is 52.0 Å². The first kappa shape index (κ1) is 20.9. The quantitative estimate of drug-likeness (QED) is 0.565. The van der Waals surface area contributed by atoms with Crippen LogP contribution in [0.15, 0.2) is 35.0 Å². The fraction of sp³-hybridized carbons (Fsp3) is 0.500. The molecule has 3 aromatic heterocycles. The number of rotatable bonds is 7. The lowest BCUT2D eigenvalue weighted by Crippen LogP contribution is -2.38. The zero-order chi connectivity index (χ0) is 22.2. The average Bonchev–Trinajstić information content (AvgIpc) is 3.18. The van der Waals surface area contributed by atoms with Crippen LogP contribution in [0.2, 0.25) is 0 Å². The number of likely N-dealkylation sites (N-methyl/N-ethyl adjacent to an activating group) is 1. The van der Waals surface area contributed by atoms with Crippen LogP contribution in [0.4, 0.5) is 0 Å². The number of aromatic nitrogens is 4. The van der Waals surface area contributed by atoms with Gasteiger partial charge in [0.25, 0.3) is 11.9 Å². The summed E-state index contributed by atoms with van der Waals surface area (Å²) in [5.74, 6) is 2.41. The first-order valence-electron chi connectivity index (χ1n) is 11.6. The van der Waals surface area contributed by atoms with Gasteiger partial charge in [0.05, 0.1) is 17.5 Å². The van der Waals surface area contributed by atoms with Gasteiger partial charge in [-0.2, -0.15) is 5.10 Å². The Morgan fingerprint density at radius 1 is 1.19 bits per heavy atom. The Kier molecular flexibility index (Phi) is 5.55. The van der Waals surface area contributed by atoms with E-state index in [9.17, 15) is 4.79 Å². The molecule has 2 fully saturated rings. The molecule has 1 saturated heterocycles. The third-order valence-electron chi connectivity index (χ3n) is 6.61. The Bertz CT molecular complexity index is 1110. The molecule has 2 aliphatic rings. The van der Waals surface area contributed by atoms with Crippen molar-refractivity contribution in [3.63, 3.8) is 0 Å². The van der Waals surface area contributed by atoms with Crippen LogP contribution < -0.4 is 0 Å². The molecule has 1 atom stereocenters. The molecule has 32 heavy (non-hydrogen) atoms. The van der Waals surface area contributed by atoms with E-state index in [0.717, 1.165) is 56.9 Å². The SMILES string of the molecule is CCN(CC)C1CCN(C(=O)c2cnn(-c3nccc(-c4ccc(C)o4)n3)c2C2CC2)C1. The summed E-state index contributed by atoms with van der Waals surface area (Å²) in [6.07, 6.45) is 6.56. The standard InChI is InChI=1S/C24H30N6O2/c1-4-28(5-2)18-11-13-29(15-18)23(31)19-14-26-30(22(19)17-7-8-17)24-25-12-10-20(27-24)21-9-6-16(3)32-21/h6,9-10,12,14,17-18H,4-5,7-8,11,13,15H2,1-3H3. The molecule has 5 rings (SSSR count). The summed E-state index contributed by atoms with van der Waals surface area (Å²) >= 11 is 0. The largest absolute Gasteiger partial charge is 0.460 e. The highest BCUT2D eigenvalue weighted by Crippen LogP contribution is 2.42. The minimum atomic E-state index is 0.0746. The first-order valence-corrected chi connectivity index (χ1v) is 11.6. The number of carbonyl (C=O) groups is 1. The van der Waals surface area contributed by atoms with Crippen molar-refractivity contribution in [2.24, 2.45) is 0 Å². The summed E-state index contributed by atoms with van der Waals surface area (Å²) in [6.45, 7) is 9.86. The van der Waals surface area contributed by atoms with Crippen molar-refractivity contribution >= 4 is 5.91 Å². The zero-order valence-electron chi connectivity index (χ0n) is 19.0. The molecular formula is C24H30N6O2. The first-order chi connectivity index (χ1) is 15.6. The summed E-state index contributed by atoms with van der Waals surface area (Å²) in [5.41, 5.74) is 2.33. The van der Waals surface area contributed by atoms with Crippen LogP contribution in [0.3, 0.4) is 0 Å². The summed E-state index contributed by atoms with van der Waals surface area (Å²) < 4.78 is 7.48. The van der Waals surface area contributed by atoms with E-state index in [2.05, 4.69) is 33.8 Å². The maximum Gasteiger partial charge on any atom is 0.257 e. The molecule has 0 spiro atoms. The fourth-order valence-corrected chi connectivity index (χ4v) is 4.73. The van der Waals surface area contributed by atoms with E-state index in [1.165, 1.54) is 0 Å². The van der Waals surface area contributed by atoms with E-state index in [4.69, 9.17) is 4.42 Å². The van der Waals surface area contributed by atoms with Gasteiger partial charge in [-0.1, -0.05) is 13.8 Å². The zero-order valence-corrected chi connectivity index (χ0v) is 19.0. The van der Waals surface area contributed by atoms with Crippen molar-refractivity contribution in [3.05, 3.63) is 47.6 Å². The molecular weight excluding hydrogens is 404 g/mol. The molecule has 0 bridgehead atoms. The number of amides is 1. The molecule has 0 aromatic carbocycles. The number of furan rings is 1. The Morgan fingerprint density at radius 2 is 2.00 bits per heavy atom. The van der Waals surface area contributed by atoms with Crippen LogP contribution in [0.5, 0.6) is 0 Å². The van der Waals surface area contributed by atoms with E-state index in [-0.39, 0.29) is 5.91 Å². The smallest absolute Gasteiger partial charge is 0.257 e. The minimum absolute atomic E-state index is 0.0746. The fourth-order valence-electron chi connectivity index (χ4n) is 4.73. The van der Waals surface area contributed by atoms with Crippen molar-refractivity contribution in [1.29, 1.82) is 0 Å². The van der Waals surface area contributed by atoms with Crippen LogP contribution in [0.1, 0.15) is 60.8 Å². The van der Waals surface area contributed by atoms with Crippen LogP contribution >= 0.6 is 0 Å². The second-order valence-corrected chi connectivity index (χ2v) is 8.70. The van der Waals surface area contributed by atoms with E-state index < -0.39 is 0 Å². The topological polar surface area (TPSA) is 80.3 Å². The van der Waals surface area contributed by atoms with Crippen molar-refractivity contribution in [3.8, 4) is 17.4 Å². The van der Waals surface area contributed by atoms with Gasteiger partial charge in [0.2, 0.25) is 0 Å². The molecule has 1 unspecified atom stereocenters. The van der Waals surface area contributed by atoms with Crippen LogP contribution in [-0.4, -0.2) is 67.7 Å². The predicted octanol–water partition coefficient (Wildman–Crippen LogP) is 3.66. The summed E-state index contributed by atoms with van der Waals surface area (Å²) in [4.78, 5) is 27.0. The van der Waals surface area contributed by atoms with Gasteiger partial charge in [0.1, 0.15) is 11.5 Å². The summed E-state index contributed by atoms with van der Waals surface area (Å²) in [6, 6.07) is 6.08. The monoisotopic (exact) mass is 434 g/mol. The third-order valence-corrected chi connectivity index (χ3v) is 6.61. The van der Waals surface area contributed by atoms with Gasteiger partial charge in [-0.3, -0.25) is 9.69 Å². The van der Waals surface area contributed by atoms with Gasteiger partial charge in [-0.15, -0.1) is 0 Å². The number of hydrogen-bond donors (Lipinski definition) is 0. The summed E-state index contributed by atoms with van der Waals surface area (Å²) in [5, 5.41) is 4.57. The Balaban J connectivity index is 1.44. The van der Waals surface area contributed by atoms with Gasteiger partial charge in [-0.05, 0) is 57.5 Å². The predicted molar refractivity (Wildman–Crippen MR) is 121 cm³/mol. The molecule has 168 valence electrons. The molecule has 1 aliphatic heterocycles. The lowest BCUT2D eigenvalue weighted by Gasteiger charge is -2.26. The van der Waals surface area contributed by atoms with Crippen LogP contribution in [0, 0.1) is 6.92 Å². The van der Waals surface area contributed by atoms with Gasteiger partial charge in [-0.25, -0.2) is 14.6 Å². The molecule has 8 heteroatoms. The van der Waals surface area contributed by atoms with Gasteiger partial charge in [0, 0.05) is 31.2 Å². The molecule has 0 radical (unpaired) electrons. The van der Waals surface area contributed by atoms with Gasteiger partial charge < -0.3 is 9.32 Å². The lowest BCUT2D eigenvalue weighted by atomic mass is 10.1.